The highest BCUT2D eigenvalue weighted by Crippen LogP contribution is 2.33. The molecule has 1 fully saturated rings. The van der Waals surface area contributed by atoms with Crippen LogP contribution in [0.15, 0.2) is 52.0 Å². The Balaban J connectivity index is 1.51. The van der Waals surface area contributed by atoms with Crippen LogP contribution in [0, 0.1) is 0 Å². The average Bonchev–Trinajstić information content (AvgIpc) is 2.78. The van der Waals surface area contributed by atoms with Gasteiger partial charge in [0.2, 0.25) is 0 Å². The number of nitrogens with one attached hydrogen (secondary N) is 2. The molecular weight excluding hydrogens is 462 g/mol. The third-order valence-electron chi connectivity index (χ3n) is 5.08. The Morgan fingerprint density at radius 3 is 2.67 bits per heavy atom. The van der Waals surface area contributed by atoms with E-state index < -0.39 is 0 Å². The van der Waals surface area contributed by atoms with Gasteiger partial charge in [-0.2, -0.15) is 0 Å². The molecule has 0 saturated carbocycles. The number of ether oxygens (including phenoxy) is 1. The lowest BCUT2D eigenvalue weighted by Crippen LogP contribution is -2.45. The number of benzene rings is 2. The number of hydrogen-bond acceptors (Lipinski definition) is 7. The van der Waals surface area contributed by atoms with Crippen LogP contribution in [-0.4, -0.2) is 61.2 Å². The summed E-state index contributed by atoms with van der Waals surface area (Å²) in [6.45, 7) is 6.15. The van der Waals surface area contributed by atoms with Crippen LogP contribution in [0.5, 0.6) is 5.75 Å². The van der Waals surface area contributed by atoms with Crippen molar-refractivity contribution < 1.29 is 4.74 Å². The van der Waals surface area contributed by atoms with Crippen molar-refractivity contribution in [2.24, 2.45) is 0 Å². The van der Waals surface area contributed by atoms with E-state index >= 15 is 0 Å². The summed E-state index contributed by atoms with van der Waals surface area (Å²) in [6.07, 6.45) is 0. The van der Waals surface area contributed by atoms with Gasteiger partial charge < -0.3 is 15.4 Å². The number of aromatic nitrogens is 2. The van der Waals surface area contributed by atoms with E-state index in [1.807, 2.05) is 36.4 Å². The first-order valence-corrected chi connectivity index (χ1v) is 11.9. The molecule has 2 aromatic carbocycles. The molecule has 0 spiro atoms. The molecule has 1 aliphatic rings. The van der Waals surface area contributed by atoms with Crippen molar-refractivity contribution in [3.05, 3.63) is 52.5 Å². The van der Waals surface area contributed by atoms with E-state index in [9.17, 15) is 0 Å². The van der Waals surface area contributed by atoms with Crippen molar-refractivity contribution in [3.8, 4) is 5.75 Å². The lowest BCUT2D eigenvalue weighted by molar-refractivity contribution is 0.249. The van der Waals surface area contributed by atoms with Crippen molar-refractivity contribution in [1.29, 1.82) is 0 Å². The normalized spacial score (nSPS) is 14.7. The van der Waals surface area contributed by atoms with Crippen LogP contribution in [0.25, 0.3) is 11.0 Å². The summed E-state index contributed by atoms with van der Waals surface area (Å²) in [6, 6.07) is 14.1. The number of thioether (sulfide) groups is 1. The molecule has 1 aliphatic heterocycles. The highest BCUT2D eigenvalue weighted by molar-refractivity contribution is 9.10. The summed E-state index contributed by atoms with van der Waals surface area (Å²) in [5.41, 5.74) is 2.94. The van der Waals surface area contributed by atoms with E-state index in [2.05, 4.69) is 37.5 Å². The molecule has 0 bridgehead atoms. The molecule has 1 saturated heterocycles. The zero-order chi connectivity index (χ0) is 20.8. The molecule has 0 amide bonds. The van der Waals surface area contributed by atoms with Crippen molar-refractivity contribution in [2.75, 3.05) is 51.7 Å². The molecule has 0 radical (unpaired) electrons. The quantitative estimate of drug-likeness (QED) is 0.465. The van der Waals surface area contributed by atoms with Crippen molar-refractivity contribution >= 4 is 44.5 Å². The molecular formula is C22H26BrN5OS. The molecule has 0 aliphatic carbocycles. The smallest absolute Gasteiger partial charge is 0.159 e. The molecule has 0 unspecified atom stereocenters. The number of methoxy groups -OCH3 is 1. The van der Waals surface area contributed by atoms with Crippen LogP contribution in [0.1, 0.15) is 5.56 Å². The third kappa shape index (κ3) is 5.43. The van der Waals surface area contributed by atoms with Crippen molar-refractivity contribution in [1.82, 2.24) is 20.2 Å². The number of rotatable bonds is 8. The standard InChI is InChI=1S/C22H26BrN5OS/c1-29-20-7-6-17(23)14-16(20)15-30-22-21(25-10-13-28-11-8-24-9-12-28)26-18-4-2-3-5-19(18)27-22/h2-7,14,24H,8-13,15H2,1H3,(H,25,26). The van der Waals surface area contributed by atoms with Crippen LogP contribution in [0.4, 0.5) is 5.82 Å². The van der Waals surface area contributed by atoms with Gasteiger partial charge in [-0.15, -0.1) is 0 Å². The summed E-state index contributed by atoms with van der Waals surface area (Å²) in [4.78, 5) is 12.2. The summed E-state index contributed by atoms with van der Waals surface area (Å²) >= 11 is 5.24. The predicted molar refractivity (Wildman–Crippen MR) is 128 cm³/mol. The first-order valence-electron chi connectivity index (χ1n) is 10.1. The molecule has 1 aromatic heterocycles. The first kappa shape index (κ1) is 21.4. The van der Waals surface area contributed by atoms with E-state index in [-0.39, 0.29) is 0 Å². The van der Waals surface area contributed by atoms with Gasteiger partial charge >= 0.3 is 0 Å². The predicted octanol–water partition coefficient (Wildman–Crippen LogP) is 4.01. The van der Waals surface area contributed by atoms with Crippen LogP contribution in [0.2, 0.25) is 0 Å². The minimum Gasteiger partial charge on any atom is -0.496 e. The number of halogens is 1. The SMILES string of the molecule is COc1ccc(Br)cc1CSc1nc2ccccc2nc1NCCN1CCNCC1. The minimum atomic E-state index is 0.752. The lowest BCUT2D eigenvalue weighted by atomic mass is 10.2. The van der Waals surface area contributed by atoms with E-state index in [0.717, 1.165) is 82.7 Å². The highest BCUT2D eigenvalue weighted by atomic mass is 79.9. The van der Waals surface area contributed by atoms with Gasteiger partial charge in [0.05, 0.1) is 18.1 Å². The Morgan fingerprint density at radius 2 is 1.90 bits per heavy atom. The Bertz CT molecular complexity index is 996. The number of fused-ring (bicyclic) bond motifs is 1. The van der Waals surface area contributed by atoms with Gasteiger partial charge in [-0.05, 0) is 30.3 Å². The summed E-state index contributed by atoms with van der Waals surface area (Å²) < 4.78 is 6.56. The average molecular weight is 488 g/mol. The Hall–Kier alpha value is -1.87. The summed E-state index contributed by atoms with van der Waals surface area (Å²) in [5.74, 6) is 2.48. The molecule has 0 atom stereocenters. The molecule has 6 nitrogen and oxygen atoms in total. The van der Waals surface area contributed by atoms with Gasteiger partial charge in [0, 0.05) is 55.1 Å². The van der Waals surface area contributed by atoms with E-state index in [4.69, 9.17) is 14.7 Å². The molecule has 30 heavy (non-hydrogen) atoms. The highest BCUT2D eigenvalue weighted by Gasteiger charge is 2.13. The van der Waals surface area contributed by atoms with Crippen molar-refractivity contribution in [3.63, 3.8) is 0 Å². The van der Waals surface area contributed by atoms with Crippen LogP contribution < -0.4 is 15.4 Å². The fourth-order valence-corrected chi connectivity index (χ4v) is 4.82. The van der Waals surface area contributed by atoms with E-state index in [1.165, 1.54) is 0 Å². The molecule has 3 aromatic rings. The summed E-state index contributed by atoms with van der Waals surface area (Å²) in [7, 11) is 1.70. The zero-order valence-corrected chi connectivity index (χ0v) is 19.4. The van der Waals surface area contributed by atoms with Crippen molar-refractivity contribution in [2.45, 2.75) is 10.8 Å². The molecule has 2 N–H and O–H groups in total. The van der Waals surface area contributed by atoms with Gasteiger partial charge in [0.25, 0.3) is 0 Å². The Labute approximate surface area is 189 Å². The molecule has 2 heterocycles. The number of para-hydroxylation sites is 2. The lowest BCUT2D eigenvalue weighted by Gasteiger charge is -2.27. The van der Waals surface area contributed by atoms with Gasteiger partial charge in [0.15, 0.2) is 5.82 Å². The molecule has 8 heteroatoms. The molecule has 4 rings (SSSR count). The Morgan fingerprint density at radius 1 is 1.13 bits per heavy atom. The van der Waals surface area contributed by atoms with Crippen LogP contribution in [0.3, 0.4) is 0 Å². The number of anilines is 1. The number of nitrogens with zero attached hydrogens (tertiary/aromatic N) is 3. The van der Waals surface area contributed by atoms with Gasteiger partial charge in [-0.25, -0.2) is 9.97 Å². The topological polar surface area (TPSA) is 62.3 Å². The maximum Gasteiger partial charge on any atom is 0.159 e. The zero-order valence-electron chi connectivity index (χ0n) is 17.0. The third-order valence-corrected chi connectivity index (χ3v) is 6.58. The summed E-state index contributed by atoms with van der Waals surface area (Å²) in [5, 5.41) is 7.84. The van der Waals surface area contributed by atoms with Crippen LogP contribution in [-0.2, 0) is 5.75 Å². The number of piperazine rings is 1. The van der Waals surface area contributed by atoms with Gasteiger partial charge in [0.1, 0.15) is 10.8 Å². The Kier molecular flexibility index (Phi) is 7.43. The first-order chi connectivity index (χ1) is 14.7. The van der Waals surface area contributed by atoms with Gasteiger partial charge in [-0.3, -0.25) is 4.90 Å². The second-order valence-corrected chi connectivity index (χ2v) is 9.01. The number of hydrogen-bond donors (Lipinski definition) is 2. The van der Waals surface area contributed by atoms with Crippen LogP contribution >= 0.6 is 27.7 Å². The maximum atomic E-state index is 5.52. The van der Waals surface area contributed by atoms with Gasteiger partial charge in [-0.1, -0.05) is 39.8 Å². The monoisotopic (exact) mass is 487 g/mol. The van der Waals surface area contributed by atoms with E-state index in [0.29, 0.717) is 0 Å². The molecule has 158 valence electrons. The second-order valence-electron chi connectivity index (χ2n) is 7.13. The second kappa shape index (κ2) is 10.4. The fourth-order valence-electron chi connectivity index (χ4n) is 3.47. The van der Waals surface area contributed by atoms with E-state index in [1.54, 1.807) is 18.9 Å². The minimum absolute atomic E-state index is 0.752. The fraction of sp³-hybridized carbons (Fsp3) is 0.364. The largest absolute Gasteiger partial charge is 0.496 e. The maximum absolute atomic E-state index is 5.52.